The fourth-order valence-electron chi connectivity index (χ4n) is 3.37. The van der Waals surface area contributed by atoms with E-state index in [1.54, 1.807) is 0 Å². The first-order valence-corrected chi connectivity index (χ1v) is 9.90. The molecule has 27 heavy (non-hydrogen) atoms. The third-order valence-electron chi connectivity index (χ3n) is 5.00. The Morgan fingerprint density at radius 1 is 0.889 bits per heavy atom. The molecule has 2 aromatic heterocycles. The van der Waals surface area contributed by atoms with Crippen molar-refractivity contribution in [1.82, 2.24) is 19.7 Å². The zero-order valence-electron chi connectivity index (χ0n) is 16.7. The van der Waals surface area contributed by atoms with Gasteiger partial charge in [0.25, 0.3) is 0 Å². The molecule has 4 heteroatoms. The first kappa shape index (κ1) is 19.3. The number of hydrogen-bond donors (Lipinski definition) is 0. The van der Waals surface area contributed by atoms with E-state index >= 15 is 0 Å². The maximum atomic E-state index is 4.57. The monoisotopic (exact) mass is 362 g/mol. The molecule has 0 atom stereocenters. The van der Waals surface area contributed by atoms with Gasteiger partial charge < -0.3 is 0 Å². The van der Waals surface area contributed by atoms with E-state index in [1.807, 2.05) is 24.7 Å². The molecule has 0 aliphatic heterocycles. The van der Waals surface area contributed by atoms with Gasteiger partial charge in [0.1, 0.15) is 0 Å². The molecule has 2 heterocycles. The Kier molecular flexibility index (Phi) is 6.77. The Bertz CT molecular complexity index is 821. The van der Waals surface area contributed by atoms with Crippen LogP contribution in [0.1, 0.15) is 48.2 Å². The van der Waals surface area contributed by atoms with E-state index < -0.39 is 0 Å². The van der Waals surface area contributed by atoms with Crippen molar-refractivity contribution < 1.29 is 0 Å². The Hall–Kier alpha value is -2.46. The topological polar surface area (TPSA) is 34.0 Å². The average molecular weight is 363 g/mol. The standard InChI is InChI=1S/C23H30N4/c1-4-13-27-19(3)23(15-25-27)18-26(17-22-7-6-12-24-14-22)16-21-10-8-20(5-2)9-11-21/h6-12,14-15H,4-5,13,16-18H2,1-3H3. The number of aromatic nitrogens is 3. The molecule has 0 bridgehead atoms. The van der Waals surface area contributed by atoms with Crippen LogP contribution in [-0.4, -0.2) is 19.7 Å². The number of hydrogen-bond acceptors (Lipinski definition) is 3. The second-order valence-electron chi connectivity index (χ2n) is 7.15. The minimum absolute atomic E-state index is 0.877. The minimum Gasteiger partial charge on any atom is -0.290 e. The van der Waals surface area contributed by atoms with Gasteiger partial charge in [-0.2, -0.15) is 5.10 Å². The maximum absolute atomic E-state index is 4.57. The predicted octanol–water partition coefficient (Wildman–Crippen LogP) is 4.76. The van der Waals surface area contributed by atoms with Crippen molar-refractivity contribution in [3.05, 3.63) is 82.9 Å². The summed E-state index contributed by atoms with van der Waals surface area (Å²) in [7, 11) is 0. The normalized spacial score (nSPS) is 11.3. The molecule has 3 rings (SSSR count). The van der Waals surface area contributed by atoms with Crippen LogP contribution in [0.5, 0.6) is 0 Å². The SMILES string of the molecule is CCCn1ncc(CN(Cc2ccc(CC)cc2)Cc2cccnc2)c1C. The highest BCUT2D eigenvalue weighted by Crippen LogP contribution is 2.17. The lowest BCUT2D eigenvalue weighted by molar-refractivity contribution is 0.247. The van der Waals surface area contributed by atoms with Crippen molar-refractivity contribution in [3.63, 3.8) is 0 Å². The summed E-state index contributed by atoms with van der Waals surface area (Å²) in [6.07, 6.45) is 8.00. The molecule has 0 aliphatic carbocycles. The Morgan fingerprint density at radius 3 is 2.30 bits per heavy atom. The van der Waals surface area contributed by atoms with Crippen molar-refractivity contribution in [1.29, 1.82) is 0 Å². The lowest BCUT2D eigenvalue weighted by Gasteiger charge is -2.22. The first-order chi connectivity index (χ1) is 13.2. The number of rotatable bonds is 9. The zero-order chi connectivity index (χ0) is 19.1. The van der Waals surface area contributed by atoms with Crippen LogP contribution in [0.15, 0.2) is 55.0 Å². The highest BCUT2D eigenvalue weighted by molar-refractivity contribution is 5.23. The van der Waals surface area contributed by atoms with Gasteiger partial charge in [-0.25, -0.2) is 0 Å². The van der Waals surface area contributed by atoms with Gasteiger partial charge in [0.05, 0.1) is 6.20 Å². The molecule has 0 unspecified atom stereocenters. The van der Waals surface area contributed by atoms with Crippen LogP contribution in [0.4, 0.5) is 0 Å². The van der Waals surface area contributed by atoms with Crippen LogP contribution >= 0.6 is 0 Å². The van der Waals surface area contributed by atoms with Crippen LogP contribution in [0, 0.1) is 6.92 Å². The Labute approximate surface area is 162 Å². The largest absolute Gasteiger partial charge is 0.290 e. The van der Waals surface area contributed by atoms with E-state index in [2.05, 4.69) is 70.8 Å². The van der Waals surface area contributed by atoms with Crippen molar-refractivity contribution in [2.75, 3.05) is 0 Å². The zero-order valence-corrected chi connectivity index (χ0v) is 16.7. The lowest BCUT2D eigenvalue weighted by Crippen LogP contribution is -2.23. The van der Waals surface area contributed by atoms with E-state index in [0.717, 1.165) is 39.0 Å². The quantitative estimate of drug-likeness (QED) is 0.550. The number of benzene rings is 1. The molecule has 142 valence electrons. The summed E-state index contributed by atoms with van der Waals surface area (Å²) in [5.74, 6) is 0. The summed E-state index contributed by atoms with van der Waals surface area (Å²) in [6, 6.07) is 13.1. The molecule has 0 N–H and O–H groups in total. The third-order valence-corrected chi connectivity index (χ3v) is 5.00. The summed E-state index contributed by atoms with van der Waals surface area (Å²) in [6.45, 7) is 10.2. The molecule has 0 amide bonds. The van der Waals surface area contributed by atoms with E-state index in [0.29, 0.717) is 0 Å². The third kappa shape index (κ3) is 5.27. The van der Waals surface area contributed by atoms with E-state index in [9.17, 15) is 0 Å². The van der Waals surface area contributed by atoms with Gasteiger partial charge in [-0.3, -0.25) is 14.6 Å². The molecule has 0 radical (unpaired) electrons. The molecule has 0 saturated heterocycles. The number of nitrogens with zero attached hydrogens (tertiary/aromatic N) is 4. The summed E-state index contributed by atoms with van der Waals surface area (Å²) in [4.78, 5) is 6.75. The Balaban J connectivity index is 1.78. The molecule has 3 aromatic rings. The molecule has 0 spiro atoms. The fourth-order valence-corrected chi connectivity index (χ4v) is 3.37. The molecular weight excluding hydrogens is 332 g/mol. The van der Waals surface area contributed by atoms with Gasteiger partial charge in [-0.1, -0.05) is 44.2 Å². The van der Waals surface area contributed by atoms with E-state index in [1.165, 1.54) is 27.9 Å². The van der Waals surface area contributed by atoms with E-state index in [4.69, 9.17) is 0 Å². The lowest BCUT2D eigenvalue weighted by atomic mass is 10.1. The van der Waals surface area contributed by atoms with E-state index in [-0.39, 0.29) is 0 Å². The summed E-state index contributed by atoms with van der Waals surface area (Å²) in [5.41, 5.74) is 6.54. The maximum Gasteiger partial charge on any atom is 0.0537 e. The second-order valence-corrected chi connectivity index (χ2v) is 7.15. The minimum atomic E-state index is 0.877. The molecule has 1 aromatic carbocycles. The van der Waals surface area contributed by atoms with Crippen LogP contribution in [0.25, 0.3) is 0 Å². The van der Waals surface area contributed by atoms with Gasteiger partial charge in [0.15, 0.2) is 0 Å². The number of aryl methyl sites for hydroxylation is 2. The van der Waals surface area contributed by atoms with Crippen LogP contribution in [0.2, 0.25) is 0 Å². The van der Waals surface area contributed by atoms with Crippen molar-refractivity contribution in [2.45, 2.75) is 59.8 Å². The van der Waals surface area contributed by atoms with Crippen LogP contribution in [-0.2, 0) is 32.6 Å². The summed E-state index contributed by atoms with van der Waals surface area (Å²) < 4.78 is 2.12. The van der Waals surface area contributed by atoms with Crippen LogP contribution < -0.4 is 0 Å². The predicted molar refractivity (Wildman–Crippen MR) is 110 cm³/mol. The first-order valence-electron chi connectivity index (χ1n) is 9.90. The van der Waals surface area contributed by atoms with Gasteiger partial charge >= 0.3 is 0 Å². The Morgan fingerprint density at radius 2 is 1.63 bits per heavy atom. The van der Waals surface area contributed by atoms with Gasteiger partial charge in [0, 0.05) is 49.8 Å². The smallest absolute Gasteiger partial charge is 0.0537 e. The van der Waals surface area contributed by atoms with Crippen LogP contribution in [0.3, 0.4) is 0 Å². The molecule has 0 saturated carbocycles. The molecular formula is C23H30N4. The highest BCUT2D eigenvalue weighted by Gasteiger charge is 2.13. The summed E-state index contributed by atoms with van der Waals surface area (Å²) in [5, 5.41) is 4.57. The molecule has 4 nitrogen and oxygen atoms in total. The second kappa shape index (κ2) is 9.47. The molecule has 0 aliphatic rings. The number of pyridine rings is 1. The van der Waals surface area contributed by atoms with Gasteiger partial charge in [-0.15, -0.1) is 0 Å². The van der Waals surface area contributed by atoms with Gasteiger partial charge in [-0.05, 0) is 42.5 Å². The van der Waals surface area contributed by atoms with Crippen molar-refractivity contribution in [3.8, 4) is 0 Å². The summed E-state index contributed by atoms with van der Waals surface area (Å²) >= 11 is 0. The highest BCUT2D eigenvalue weighted by atomic mass is 15.3. The van der Waals surface area contributed by atoms with Gasteiger partial charge in [0.2, 0.25) is 0 Å². The van der Waals surface area contributed by atoms with Crippen molar-refractivity contribution >= 4 is 0 Å². The van der Waals surface area contributed by atoms with Crippen molar-refractivity contribution in [2.24, 2.45) is 0 Å². The fraction of sp³-hybridized carbons (Fsp3) is 0.391. The molecule has 0 fully saturated rings. The average Bonchev–Trinajstić information content (AvgIpc) is 3.03.